The van der Waals surface area contributed by atoms with Crippen molar-refractivity contribution >= 4 is 33.2 Å². The van der Waals surface area contributed by atoms with Crippen LogP contribution in [0.1, 0.15) is 120 Å². The van der Waals surface area contributed by atoms with Gasteiger partial charge >= 0.3 is 24.0 Å². The van der Waals surface area contributed by atoms with E-state index in [1.54, 1.807) is 0 Å². The van der Waals surface area contributed by atoms with Crippen LogP contribution in [0.25, 0.3) is 0 Å². The number of hydrogen-bond acceptors (Lipinski definition) is 11. The van der Waals surface area contributed by atoms with Gasteiger partial charge in [0, 0.05) is 26.3 Å². The lowest BCUT2D eigenvalue weighted by Gasteiger charge is -2.63. The van der Waals surface area contributed by atoms with E-state index in [0.29, 0.717) is 48.3 Å². The zero-order chi connectivity index (χ0) is 41.2. The third-order valence-electron chi connectivity index (χ3n) is 14.5. The smallest absolute Gasteiger partial charge is 0.407 e. The fourth-order valence-electron chi connectivity index (χ4n) is 11.8. The molecular weight excluding hydrogens is 735 g/mol. The van der Waals surface area contributed by atoms with Crippen molar-refractivity contribution in [3.05, 3.63) is 23.8 Å². The normalized spacial score (nSPS) is 39.0. The first-order valence-corrected chi connectivity index (χ1v) is 21.8. The van der Waals surface area contributed by atoms with Gasteiger partial charge in [0.25, 0.3) is 0 Å². The standard InChI is InChI=1S/C43H69N2O10P/c1-10-29(24(2)3)12-11-25(4)32-13-14-34-42(32,9)19-17-35-41(8)18-16-31(21-30(41)15-20-43(34,35)44)54-39-36(45-40(49)51-23-56)38(53-28(7)48)37(52-27(6)47)33(55-39)22-50-26(5)46/h11-12,15,24-25,29,31-39H,10,13-14,16-23,44,56H2,1-9H3,(H,45,49)/b12-11+/t25-,29-,31+,32-,33-,34?,35-,36-,37-,38?,39?,41+,42-,43?/m1/s1. The fraction of sp³-hybridized carbons (Fsp3) is 0.814. The first-order chi connectivity index (χ1) is 26.4. The van der Waals surface area contributed by atoms with Crippen molar-refractivity contribution in [1.82, 2.24) is 5.32 Å². The molecule has 15 atom stereocenters. The Morgan fingerprint density at radius 3 is 2.27 bits per heavy atom. The van der Waals surface area contributed by atoms with Crippen molar-refractivity contribution in [1.29, 1.82) is 0 Å². The minimum atomic E-state index is -1.23. The lowest BCUT2D eigenvalue weighted by atomic mass is 9.44. The van der Waals surface area contributed by atoms with Crippen LogP contribution in [0.3, 0.4) is 0 Å². The van der Waals surface area contributed by atoms with Gasteiger partial charge in [-0.15, -0.1) is 0 Å². The Morgan fingerprint density at radius 1 is 0.946 bits per heavy atom. The van der Waals surface area contributed by atoms with Crippen LogP contribution < -0.4 is 11.1 Å². The van der Waals surface area contributed by atoms with E-state index in [4.69, 9.17) is 34.2 Å². The maximum absolute atomic E-state index is 12.9. The predicted molar refractivity (Wildman–Crippen MR) is 215 cm³/mol. The molecule has 0 bridgehead atoms. The molecule has 0 spiro atoms. The number of amides is 1. The van der Waals surface area contributed by atoms with E-state index in [2.05, 4.69) is 74.3 Å². The summed E-state index contributed by atoms with van der Waals surface area (Å²) in [7, 11) is 2.30. The van der Waals surface area contributed by atoms with Gasteiger partial charge in [0.15, 0.2) is 18.5 Å². The summed E-state index contributed by atoms with van der Waals surface area (Å²) in [6.07, 6.45) is 10.5. The highest BCUT2D eigenvalue weighted by molar-refractivity contribution is 7.16. The molecule has 4 aliphatic carbocycles. The highest BCUT2D eigenvalue weighted by atomic mass is 31.0. The number of fused-ring (bicyclic) bond motifs is 5. The summed E-state index contributed by atoms with van der Waals surface area (Å²) < 4.78 is 34.8. The Bertz CT molecular complexity index is 1500. The van der Waals surface area contributed by atoms with E-state index in [1.165, 1.54) is 39.2 Å². The largest absolute Gasteiger partial charge is 0.463 e. The molecule has 1 amide bonds. The molecule has 0 aromatic carbocycles. The van der Waals surface area contributed by atoms with Gasteiger partial charge in [-0.25, -0.2) is 4.79 Å². The van der Waals surface area contributed by atoms with Gasteiger partial charge in [0.1, 0.15) is 25.1 Å². The molecule has 56 heavy (non-hydrogen) atoms. The van der Waals surface area contributed by atoms with Crippen LogP contribution in [-0.2, 0) is 42.8 Å². The Balaban J connectivity index is 1.37. The summed E-state index contributed by atoms with van der Waals surface area (Å²) >= 11 is 0. The number of nitrogens with two attached hydrogens (primary N) is 1. The average molecular weight is 805 g/mol. The van der Waals surface area contributed by atoms with Gasteiger partial charge in [0.05, 0.1) is 6.10 Å². The number of ether oxygens (including phenoxy) is 6. The highest BCUT2D eigenvalue weighted by Gasteiger charge is 2.65. The molecule has 1 saturated heterocycles. The van der Waals surface area contributed by atoms with Gasteiger partial charge in [0.2, 0.25) is 0 Å². The molecule has 5 unspecified atom stereocenters. The molecule has 0 aromatic heterocycles. The third kappa shape index (κ3) is 9.19. The molecule has 13 heteroatoms. The van der Waals surface area contributed by atoms with Gasteiger partial charge in [-0.1, -0.05) is 74.6 Å². The van der Waals surface area contributed by atoms with Crippen LogP contribution in [0.2, 0.25) is 0 Å². The highest BCUT2D eigenvalue weighted by Crippen LogP contribution is 2.68. The number of carbonyl (C=O) groups excluding carboxylic acids is 4. The average Bonchev–Trinajstić information content (AvgIpc) is 3.48. The second-order valence-corrected chi connectivity index (χ2v) is 18.5. The van der Waals surface area contributed by atoms with Crippen molar-refractivity contribution in [2.24, 2.45) is 52.1 Å². The molecule has 0 radical (unpaired) electrons. The second kappa shape index (κ2) is 18.2. The fourth-order valence-corrected chi connectivity index (χ4v) is 11.9. The van der Waals surface area contributed by atoms with Gasteiger partial charge in [-0.05, 0) is 104 Å². The molecule has 3 N–H and O–H groups in total. The lowest BCUT2D eigenvalue weighted by Crippen LogP contribution is -2.67. The van der Waals surface area contributed by atoms with Gasteiger partial charge in [-0.2, -0.15) is 0 Å². The summed E-state index contributed by atoms with van der Waals surface area (Å²) in [5.41, 5.74) is 8.89. The summed E-state index contributed by atoms with van der Waals surface area (Å²) in [6, 6.07) is -1.12. The van der Waals surface area contributed by atoms with E-state index in [0.717, 1.165) is 32.1 Å². The van der Waals surface area contributed by atoms with E-state index < -0.39 is 54.6 Å². The number of nitrogens with one attached hydrogen (secondary N) is 1. The van der Waals surface area contributed by atoms with E-state index in [-0.39, 0.29) is 35.4 Å². The van der Waals surface area contributed by atoms with Crippen LogP contribution >= 0.6 is 9.24 Å². The number of rotatable bonds is 13. The zero-order valence-electron chi connectivity index (χ0n) is 35.2. The number of hydrogen-bond donors (Lipinski definition) is 2. The topological polar surface area (TPSA) is 162 Å². The van der Waals surface area contributed by atoms with Crippen molar-refractivity contribution < 1.29 is 47.6 Å². The molecular formula is C43H69N2O10P. The van der Waals surface area contributed by atoms with Crippen molar-refractivity contribution in [2.45, 2.75) is 162 Å². The van der Waals surface area contributed by atoms with Crippen molar-refractivity contribution in [3.63, 3.8) is 0 Å². The van der Waals surface area contributed by atoms with Crippen LogP contribution in [0, 0.1) is 46.3 Å². The van der Waals surface area contributed by atoms with Gasteiger partial charge < -0.3 is 39.5 Å². The number of alkyl carbamates (subject to hydrolysis) is 1. The molecule has 12 nitrogen and oxygen atoms in total. The number of allylic oxidation sites excluding steroid dienone is 2. The molecule has 1 heterocycles. The summed E-state index contributed by atoms with van der Waals surface area (Å²) in [5, 5.41) is 2.73. The maximum atomic E-state index is 12.9. The SMILES string of the molecule is CC[C@H](/C=C/[C@@H](C)[C@H]1CCC2C3(N)CC=C4C[C@@H](OC5O[C@H](COC(C)=O)[C@@H](OC(C)=O)C(OC(C)=O)[C@H]5NC(=O)OCP)CC[C@]4(C)[C@H]3CC[C@@]21C)C(C)C. The molecule has 316 valence electrons. The molecule has 1 aliphatic heterocycles. The quantitative estimate of drug-likeness (QED) is 0.0855. The molecule has 0 aromatic rings. The molecule has 4 fully saturated rings. The number of carbonyl (C=O) groups is 4. The van der Waals surface area contributed by atoms with Crippen LogP contribution in [0.5, 0.6) is 0 Å². The van der Waals surface area contributed by atoms with Crippen molar-refractivity contribution in [2.75, 3.05) is 13.0 Å². The zero-order valence-corrected chi connectivity index (χ0v) is 36.3. The van der Waals surface area contributed by atoms with E-state index in [9.17, 15) is 19.2 Å². The molecule has 3 saturated carbocycles. The molecule has 5 aliphatic rings. The van der Waals surface area contributed by atoms with E-state index in [1.807, 2.05) is 0 Å². The van der Waals surface area contributed by atoms with Crippen LogP contribution in [0.4, 0.5) is 4.79 Å². The Morgan fingerprint density at radius 2 is 1.64 bits per heavy atom. The lowest BCUT2D eigenvalue weighted by molar-refractivity contribution is -0.289. The van der Waals surface area contributed by atoms with E-state index >= 15 is 0 Å². The summed E-state index contributed by atoms with van der Waals surface area (Å²) in [6.45, 7) is 17.7. The van der Waals surface area contributed by atoms with Gasteiger partial charge in [-0.3, -0.25) is 14.4 Å². The van der Waals surface area contributed by atoms with Crippen molar-refractivity contribution in [3.8, 4) is 0 Å². The third-order valence-corrected chi connectivity index (χ3v) is 14.6. The predicted octanol–water partition coefficient (Wildman–Crippen LogP) is 6.99. The van der Waals surface area contributed by atoms with Crippen LogP contribution in [-0.4, -0.2) is 79.2 Å². The summed E-state index contributed by atoms with van der Waals surface area (Å²) in [4.78, 5) is 49.4. The minimum Gasteiger partial charge on any atom is -0.463 e. The first-order valence-electron chi connectivity index (χ1n) is 21.0. The molecule has 5 rings (SSSR count). The minimum absolute atomic E-state index is 0.0131. The maximum Gasteiger partial charge on any atom is 0.407 e. The first kappa shape index (κ1) is 44.6. The Hall–Kier alpha value is -2.53. The summed E-state index contributed by atoms with van der Waals surface area (Å²) in [5.74, 6) is 1.26. The second-order valence-electron chi connectivity index (χ2n) is 18.1. The van der Waals surface area contributed by atoms with Crippen LogP contribution in [0.15, 0.2) is 23.8 Å². The Labute approximate surface area is 336 Å². The monoisotopic (exact) mass is 804 g/mol. The Kier molecular flexibility index (Phi) is 14.5. The number of esters is 3.